The number of phenols is 1. The molecule has 2 aliphatic heterocycles. The van der Waals surface area contributed by atoms with Gasteiger partial charge in [0.1, 0.15) is 5.75 Å². The van der Waals surface area contributed by atoms with E-state index < -0.39 is 81.2 Å². The molecule has 282 valence electrons. The summed E-state index contributed by atoms with van der Waals surface area (Å²) in [4.78, 5) is 63.5. The summed E-state index contributed by atoms with van der Waals surface area (Å²) in [6.07, 6.45) is -2.46. The standard InChI is InChI=1S/C39H27Cl4F3N4O5/c1-17-2-8-22(14-28(17)42)49-34(52)24-10-9-23-25(31(24)36(49)54)15-27-35(53)50(48-33-29(43)12-19(16-47-33)39(44,45)46)37(55)38(27,18-3-5-20(40)6-4-18)32(23)26-13-21(41)7-11-30(26)51/h2-9,11-14,16,24-25,27,31-32,51H,10,15H2,1H3,(H,47,48)/t24-,25+,27-,31-,32+,38+/m0/s1. The van der Waals surface area contributed by atoms with Crippen molar-refractivity contribution in [1.82, 2.24) is 9.99 Å². The molecule has 6 atom stereocenters. The van der Waals surface area contributed by atoms with Gasteiger partial charge in [-0.15, -0.1) is 0 Å². The lowest BCUT2D eigenvalue weighted by atomic mass is 9.49. The van der Waals surface area contributed by atoms with Crippen molar-refractivity contribution in [2.24, 2.45) is 23.7 Å². The second kappa shape index (κ2) is 13.3. The van der Waals surface area contributed by atoms with E-state index in [4.69, 9.17) is 46.4 Å². The summed E-state index contributed by atoms with van der Waals surface area (Å²) in [6, 6.07) is 16.0. The third-order valence-electron chi connectivity index (χ3n) is 11.3. The zero-order chi connectivity index (χ0) is 39.3. The van der Waals surface area contributed by atoms with Gasteiger partial charge in [0.15, 0.2) is 5.82 Å². The Hall–Kier alpha value is -4.62. The first kappa shape index (κ1) is 37.3. The maximum atomic E-state index is 15.3. The highest BCUT2D eigenvalue weighted by Gasteiger charge is 2.70. The van der Waals surface area contributed by atoms with Gasteiger partial charge in [-0.05, 0) is 85.3 Å². The van der Waals surface area contributed by atoms with Crippen LogP contribution in [0.5, 0.6) is 5.75 Å². The van der Waals surface area contributed by atoms with Crippen molar-refractivity contribution in [3.8, 4) is 5.75 Å². The van der Waals surface area contributed by atoms with E-state index in [1.54, 1.807) is 55.5 Å². The SMILES string of the molecule is Cc1ccc(N2C(=O)[C@H]3[C@H](CC=C4[C@H]3C[C@H]3C(=O)N(Nc5ncc(C(F)(F)F)cc5Cl)C(=O)[C@@]3(c3ccc(Cl)cc3)[C@H]4c3cc(Cl)ccc3O)C2=O)cc1Cl. The molecule has 16 heteroatoms. The zero-order valence-electron chi connectivity index (χ0n) is 28.4. The molecule has 2 N–H and O–H groups in total. The normalized spacial score (nSPS) is 26.2. The molecule has 3 fully saturated rings. The Morgan fingerprint density at radius 1 is 0.855 bits per heavy atom. The number of hydrazine groups is 1. The first-order chi connectivity index (χ1) is 26.0. The van der Waals surface area contributed by atoms with E-state index in [0.717, 1.165) is 10.5 Å². The van der Waals surface area contributed by atoms with Gasteiger partial charge in [-0.3, -0.25) is 24.6 Å². The average molecular weight is 830 g/mol. The third kappa shape index (κ3) is 5.71. The Labute approximate surface area is 331 Å². The summed E-state index contributed by atoms with van der Waals surface area (Å²) in [7, 11) is 0. The van der Waals surface area contributed by atoms with Gasteiger partial charge in [0.05, 0.1) is 39.4 Å². The summed E-state index contributed by atoms with van der Waals surface area (Å²) in [5.74, 6) is -8.22. The first-order valence-electron chi connectivity index (χ1n) is 17.0. The topological polar surface area (TPSA) is 120 Å². The summed E-state index contributed by atoms with van der Waals surface area (Å²) < 4.78 is 40.4. The quantitative estimate of drug-likeness (QED) is 0.152. The summed E-state index contributed by atoms with van der Waals surface area (Å²) in [5.41, 5.74) is 1.66. The number of aromatic hydroxyl groups is 1. The molecule has 55 heavy (non-hydrogen) atoms. The third-order valence-corrected chi connectivity index (χ3v) is 12.5. The van der Waals surface area contributed by atoms with Gasteiger partial charge >= 0.3 is 6.18 Å². The number of fused-ring (bicyclic) bond motifs is 4. The molecule has 0 bridgehead atoms. The van der Waals surface area contributed by atoms with Crippen molar-refractivity contribution >= 4 is 81.5 Å². The van der Waals surface area contributed by atoms with Gasteiger partial charge in [-0.25, -0.2) is 9.88 Å². The highest BCUT2D eigenvalue weighted by Crippen LogP contribution is 2.65. The van der Waals surface area contributed by atoms with Crippen LogP contribution in [0.4, 0.5) is 24.7 Å². The summed E-state index contributed by atoms with van der Waals surface area (Å²) in [6.45, 7) is 1.79. The molecule has 8 rings (SSSR count). The van der Waals surface area contributed by atoms with Crippen LogP contribution in [-0.2, 0) is 30.8 Å². The van der Waals surface area contributed by atoms with Gasteiger partial charge in [-0.1, -0.05) is 76.3 Å². The molecule has 4 aromatic rings. The van der Waals surface area contributed by atoms with Crippen LogP contribution in [0.1, 0.15) is 41.0 Å². The molecule has 4 amide bonds. The molecule has 1 aromatic heterocycles. The maximum absolute atomic E-state index is 15.3. The number of halogens is 7. The van der Waals surface area contributed by atoms with Crippen molar-refractivity contribution in [3.05, 3.63) is 127 Å². The minimum atomic E-state index is -4.77. The minimum Gasteiger partial charge on any atom is -0.508 e. The van der Waals surface area contributed by atoms with Crippen molar-refractivity contribution in [3.63, 3.8) is 0 Å². The second-order valence-corrected chi connectivity index (χ2v) is 15.8. The zero-order valence-corrected chi connectivity index (χ0v) is 31.4. The number of allylic oxidation sites excluding steroid dienone is 2. The Morgan fingerprint density at radius 2 is 1.56 bits per heavy atom. The number of benzene rings is 3. The van der Waals surface area contributed by atoms with Gasteiger partial charge in [-0.2, -0.15) is 18.2 Å². The molecule has 2 saturated heterocycles. The molecular weight excluding hydrogens is 803 g/mol. The predicted molar refractivity (Wildman–Crippen MR) is 199 cm³/mol. The molecule has 0 radical (unpaired) electrons. The highest BCUT2D eigenvalue weighted by atomic mass is 35.5. The van der Waals surface area contributed by atoms with Crippen LogP contribution in [0, 0.1) is 30.6 Å². The van der Waals surface area contributed by atoms with Crippen LogP contribution in [0.15, 0.2) is 84.6 Å². The minimum absolute atomic E-state index is 0.103. The van der Waals surface area contributed by atoms with E-state index in [1.165, 1.54) is 18.2 Å². The fourth-order valence-electron chi connectivity index (χ4n) is 8.86. The van der Waals surface area contributed by atoms with Gasteiger partial charge in [0.25, 0.3) is 11.8 Å². The average Bonchev–Trinajstić information content (AvgIpc) is 3.52. The van der Waals surface area contributed by atoms with Crippen LogP contribution in [-0.4, -0.2) is 38.7 Å². The number of pyridine rings is 1. The predicted octanol–water partition coefficient (Wildman–Crippen LogP) is 8.92. The smallest absolute Gasteiger partial charge is 0.417 e. The molecule has 9 nitrogen and oxygen atoms in total. The maximum Gasteiger partial charge on any atom is 0.417 e. The van der Waals surface area contributed by atoms with Crippen LogP contribution in [0.25, 0.3) is 0 Å². The number of alkyl halides is 3. The Kier molecular flexibility index (Phi) is 8.99. The Balaban J connectivity index is 1.31. The molecule has 1 saturated carbocycles. The molecular formula is C39H27Cl4F3N4O5. The lowest BCUT2D eigenvalue weighted by Gasteiger charge is -2.50. The van der Waals surface area contributed by atoms with E-state index in [0.29, 0.717) is 44.1 Å². The number of amides is 4. The second-order valence-electron chi connectivity index (χ2n) is 14.1. The fourth-order valence-corrected chi connectivity index (χ4v) is 9.55. The molecule has 4 aliphatic rings. The van der Waals surface area contributed by atoms with Crippen LogP contribution < -0.4 is 10.3 Å². The molecule has 2 aliphatic carbocycles. The number of carbonyl (C=O) groups excluding carboxylic acids is 4. The highest BCUT2D eigenvalue weighted by molar-refractivity contribution is 6.33. The van der Waals surface area contributed by atoms with E-state index in [1.807, 2.05) is 0 Å². The van der Waals surface area contributed by atoms with Crippen LogP contribution in [0.3, 0.4) is 0 Å². The number of anilines is 2. The summed E-state index contributed by atoms with van der Waals surface area (Å²) in [5, 5.41) is 12.6. The number of nitrogens with one attached hydrogen (secondary N) is 1. The van der Waals surface area contributed by atoms with Crippen molar-refractivity contribution < 1.29 is 37.5 Å². The van der Waals surface area contributed by atoms with Crippen molar-refractivity contribution in [2.45, 2.75) is 37.3 Å². The van der Waals surface area contributed by atoms with E-state index >= 15 is 4.79 Å². The number of rotatable bonds is 5. The van der Waals surface area contributed by atoms with Crippen LogP contribution >= 0.6 is 46.4 Å². The number of aromatic nitrogens is 1. The number of carbonyl (C=O) groups is 4. The van der Waals surface area contributed by atoms with Gasteiger partial charge in [0, 0.05) is 32.7 Å². The fraction of sp³-hybridized carbons (Fsp3) is 0.256. The lowest BCUT2D eigenvalue weighted by Crippen LogP contribution is -2.53. The van der Waals surface area contributed by atoms with E-state index in [9.17, 15) is 32.7 Å². The lowest BCUT2D eigenvalue weighted by molar-refractivity contribution is -0.139. The van der Waals surface area contributed by atoms with Gasteiger partial charge in [0.2, 0.25) is 11.8 Å². The van der Waals surface area contributed by atoms with Crippen molar-refractivity contribution in [2.75, 3.05) is 10.3 Å². The molecule has 3 heterocycles. The summed E-state index contributed by atoms with van der Waals surface area (Å²) >= 11 is 25.5. The largest absolute Gasteiger partial charge is 0.508 e. The number of hydrogen-bond donors (Lipinski definition) is 2. The first-order valence-corrected chi connectivity index (χ1v) is 18.5. The molecule has 0 spiro atoms. The van der Waals surface area contributed by atoms with Gasteiger partial charge < -0.3 is 5.11 Å². The number of imide groups is 2. The number of aryl methyl sites for hydroxylation is 1. The monoisotopic (exact) mass is 828 g/mol. The van der Waals surface area contributed by atoms with E-state index in [2.05, 4.69) is 10.4 Å². The number of nitrogens with zero attached hydrogens (tertiary/aromatic N) is 3. The molecule has 0 unspecified atom stereocenters. The Bertz CT molecular complexity index is 2370. The molecule has 3 aromatic carbocycles. The van der Waals surface area contributed by atoms with E-state index in [-0.39, 0.29) is 29.2 Å². The Morgan fingerprint density at radius 3 is 2.24 bits per heavy atom. The number of hydrogen-bond acceptors (Lipinski definition) is 7. The van der Waals surface area contributed by atoms with Crippen LogP contribution in [0.2, 0.25) is 20.1 Å². The van der Waals surface area contributed by atoms with Crippen molar-refractivity contribution in [1.29, 1.82) is 0 Å². The number of phenolic OH excluding ortho intramolecular Hbond substituents is 1.